The van der Waals surface area contributed by atoms with E-state index in [-0.39, 0.29) is 11.9 Å². The molecule has 88 valence electrons. The molecule has 16 heavy (non-hydrogen) atoms. The number of aromatic nitrogens is 2. The minimum atomic E-state index is -0.199. The number of carbonyl (C=O) groups is 1. The first-order valence-corrected chi connectivity index (χ1v) is 5.00. The number of rotatable bonds is 5. The molecule has 1 aromatic heterocycles. The smallest absolute Gasteiger partial charge is 0.305 e. The standard InChI is InChI=1S/C10H16N4O2/c1-14(7-3-4-9(15)16-2)8-5-6-12-10(11)13-8/h5-6H,3-4,7H2,1-2H3,(H2,11,12,13). The molecule has 6 nitrogen and oxygen atoms in total. The van der Waals surface area contributed by atoms with Crippen LogP contribution in [0.3, 0.4) is 0 Å². The molecule has 0 fully saturated rings. The summed E-state index contributed by atoms with van der Waals surface area (Å²) in [6.07, 6.45) is 2.73. The van der Waals surface area contributed by atoms with E-state index < -0.39 is 0 Å². The highest BCUT2D eigenvalue weighted by Crippen LogP contribution is 2.09. The fraction of sp³-hybridized carbons (Fsp3) is 0.500. The number of hydrogen-bond acceptors (Lipinski definition) is 6. The Morgan fingerprint density at radius 1 is 1.62 bits per heavy atom. The van der Waals surface area contributed by atoms with E-state index in [1.54, 1.807) is 12.3 Å². The largest absolute Gasteiger partial charge is 0.469 e. The average Bonchev–Trinajstić information content (AvgIpc) is 2.28. The maximum absolute atomic E-state index is 10.9. The predicted molar refractivity (Wildman–Crippen MR) is 61.0 cm³/mol. The van der Waals surface area contributed by atoms with Crippen molar-refractivity contribution in [3.05, 3.63) is 12.3 Å². The SMILES string of the molecule is COC(=O)CCCN(C)c1ccnc(N)n1. The minimum absolute atomic E-state index is 0.199. The van der Waals surface area contributed by atoms with Gasteiger partial charge < -0.3 is 15.4 Å². The van der Waals surface area contributed by atoms with Gasteiger partial charge in [-0.1, -0.05) is 0 Å². The molecule has 0 atom stereocenters. The molecule has 0 amide bonds. The van der Waals surface area contributed by atoms with E-state index in [0.717, 1.165) is 5.82 Å². The van der Waals surface area contributed by atoms with Crippen LogP contribution in [0.1, 0.15) is 12.8 Å². The summed E-state index contributed by atoms with van der Waals surface area (Å²) in [6.45, 7) is 0.714. The molecule has 0 aliphatic rings. The van der Waals surface area contributed by atoms with Crippen LogP contribution in [-0.4, -0.2) is 36.6 Å². The lowest BCUT2D eigenvalue weighted by molar-refractivity contribution is -0.140. The number of nitrogens with zero attached hydrogens (tertiary/aromatic N) is 3. The van der Waals surface area contributed by atoms with Crippen LogP contribution < -0.4 is 10.6 Å². The van der Waals surface area contributed by atoms with Gasteiger partial charge in [0.2, 0.25) is 5.95 Å². The van der Waals surface area contributed by atoms with Crippen molar-refractivity contribution >= 4 is 17.7 Å². The van der Waals surface area contributed by atoms with Gasteiger partial charge in [-0.15, -0.1) is 0 Å². The quantitative estimate of drug-likeness (QED) is 0.731. The second kappa shape index (κ2) is 5.89. The molecule has 1 heterocycles. The van der Waals surface area contributed by atoms with Crippen molar-refractivity contribution in [2.24, 2.45) is 0 Å². The van der Waals surface area contributed by atoms with Gasteiger partial charge >= 0.3 is 5.97 Å². The van der Waals surface area contributed by atoms with Crippen LogP contribution in [0.5, 0.6) is 0 Å². The zero-order chi connectivity index (χ0) is 12.0. The second-order valence-electron chi connectivity index (χ2n) is 3.37. The molecular formula is C10H16N4O2. The number of methoxy groups -OCH3 is 1. The summed E-state index contributed by atoms with van der Waals surface area (Å²) >= 11 is 0. The zero-order valence-corrected chi connectivity index (χ0v) is 9.51. The van der Waals surface area contributed by atoms with Crippen LogP contribution in [0, 0.1) is 0 Å². The van der Waals surface area contributed by atoms with Crippen LogP contribution >= 0.6 is 0 Å². The lowest BCUT2D eigenvalue weighted by Crippen LogP contribution is -2.21. The molecule has 6 heteroatoms. The third-order valence-electron chi connectivity index (χ3n) is 2.15. The summed E-state index contributed by atoms with van der Waals surface area (Å²) in [5.41, 5.74) is 5.47. The molecule has 0 saturated carbocycles. The summed E-state index contributed by atoms with van der Waals surface area (Å²) in [4.78, 5) is 20.7. The van der Waals surface area contributed by atoms with Gasteiger partial charge in [0.25, 0.3) is 0 Å². The van der Waals surface area contributed by atoms with E-state index in [4.69, 9.17) is 5.73 Å². The van der Waals surface area contributed by atoms with Gasteiger partial charge in [0.1, 0.15) is 5.82 Å². The molecule has 0 unspecified atom stereocenters. The lowest BCUT2D eigenvalue weighted by Gasteiger charge is -2.17. The van der Waals surface area contributed by atoms with Crippen molar-refractivity contribution in [2.45, 2.75) is 12.8 Å². The molecule has 1 aromatic rings. The Balaban J connectivity index is 2.40. The molecule has 0 aliphatic heterocycles. The van der Waals surface area contributed by atoms with Gasteiger partial charge in [0.05, 0.1) is 7.11 Å². The van der Waals surface area contributed by atoms with E-state index in [2.05, 4.69) is 14.7 Å². The van der Waals surface area contributed by atoms with E-state index in [1.165, 1.54) is 7.11 Å². The number of hydrogen-bond donors (Lipinski definition) is 1. The number of nitrogens with two attached hydrogens (primary N) is 1. The summed E-state index contributed by atoms with van der Waals surface area (Å²) in [7, 11) is 3.27. The Morgan fingerprint density at radius 3 is 3.00 bits per heavy atom. The first-order valence-electron chi connectivity index (χ1n) is 5.00. The van der Waals surface area contributed by atoms with Crippen molar-refractivity contribution in [2.75, 3.05) is 31.3 Å². The Bertz CT molecular complexity index is 356. The molecule has 0 aliphatic carbocycles. The van der Waals surface area contributed by atoms with Crippen molar-refractivity contribution in [3.8, 4) is 0 Å². The average molecular weight is 224 g/mol. The Hall–Kier alpha value is -1.85. The number of esters is 1. The molecule has 0 spiro atoms. The normalized spacial score (nSPS) is 9.88. The molecular weight excluding hydrogens is 208 g/mol. The highest BCUT2D eigenvalue weighted by Gasteiger charge is 2.05. The third kappa shape index (κ3) is 3.72. The van der Waals surface area contributed by atoms with E-state index in [1.807, 2.05) is 11.9 Å². The van der Waals surface area contributed by atoms with Gasteiger partial charge in [-0.2, -0.15) is 4.98 Å². The van der Waals surface area contributed by atoms with Crippen molar-refractivity contribution in [1.29, 1.82) is 0 Å². The van der Waals surface area contributed by atoms with Crippen LogP contribution in [0.2, 0.25) is 0 Å². The van der Waals surface area contributed by atoms with E-state index in [0.29, 0.717) is 19.4 Å². The molecule has 0 bridgehead atoms. The number of carbonyl (C=O) groups excluding carboxylic acids is 1. The van der Waals surface area contributed by atoms with Crippen molar-refractivity contribution in [1.82, 2.24) is 9.97 Å². The van der Waals surface area contributed by atoms with Crippen molar-refractivity contribution in [3.63, 3.8) is 0 Å². The van der Waals surface area contributed by atoms with Gasteiger partial charge in [-0.3, -0.25) is 4.79 Å². The van der Waals surface area contributed by atoms with Crippen LogP contribution in [0.15, 0.2) is 12.3 Å². The molecule has 2 N–H and O–H groups in total. The number of anilines is 2. The number of nitrogen functional groups attached to an aromatic ring is 1. The van der Waals surface area contributed by atoms with Gasteiger partial charge in [-0.25, -0.2) is 4.98 Å². The topological polar surface area (TPSA) is 81.3 Å². The summed E-state index contributed by atoms with van der Waals surface area (Å²) in [5.74, 6) is 0.797. The minimum Gasteiger partial charge on any atom is -0.469 e. The summed E-state index contributed by atoms with van der Waals surface area (Å²) in [6, 6.07) is 1.77. The maximum Gasteiger partial charge on any atom is 0.305 e. The number of ether oxygens (including phenoxy) is 1. The van der Waals surface area contributed by atoms with E-state index >= 15 is 0 Å². The van der Waals surface area contributed by atoms with Gasteiger partial charge in [0.15, 0.2) is 0 Å². The highest BCUT2D eigenvalue weighted by molar-refractivity contribution is 5.69. The lowest BCUT2D eigenvalue weighted by atomic mass is 10.3. The third-order valence-corrected chi connectivity index (χ3v) is 2.15. The summed E-state index contributed by atoms with van der Waals surface area (Å²) in [5, 5.41) is 0. The first-order chi connectivity index (χ1) is 7.63. The Kier molecular flexibility index (Phi) is 4.50. The Morgan fingerprint density at radius 2 is 2.38 bits per heavy atom. The maximum atomic E-state index is 10.9. The van der Waals surface area contributed by atoms with Crippen LogP contribution in [-0.2, 0) is 9.53 Å². The molecule has 0 aromatic carbocycles. The molecule has 0 radical (unpaired) electrons. The van der Waals surface area contributed by atoms with E-state index in [9.17, 15) is 4.79 Å². The molecule has 1 rings (SSSR count). The zero-order valence-electron chi connectivity index (χ0n) is 9.51. The molecule has 0 saturated heterocycles. The van der Waals surface area contributed by atoms with Gasteiger partial charge in [0, 0.05) is 26.2 Å². The van der Waals surface area contributed by atoms with Crippen LogP contribution in [0.4, 0.5) is 11.8 Å². The summed E-state index contributed by atoms with van der Waals surface area (Å²) < 4.78 is 4.55. The Labute approximate surface area is 94.4 Å². The van der Waals surface area contributed by atoms with Crippen molar-refractivity contribution < 1.29 is 9.53 Å². The highest BCUT2D eigenvalue weighted by atomic mass is 16.5. The second-order valence-corrected chi connectivity index (χ2v) is 3.37. The fourth-order valence-electron chi connectivity index (χ4n) is 1.25. The monoisotopic (exact) mass is 224 g/mol. The fourth-order valence-corrected chi connectivity index (χ4v) is 1.25. The predicted octanol–water partition coefficient (Wildman–Crippen LogP) is 0.448. The van der Waals surface area contributed by atoms with Gasteiger partial charge in [-0.05, 0) is 12.5 Å². The first kappa shape index (κ1) is 12.2. The van der Waals surface area contributed by atoms with Crippen LogP contribution in [0.25, 0.3) is 0 Å².